The van der Waals surface area contributed by atoms with E-state index in [4.69, 9.17) is 0 Å². The van der Waals surface area contributed by atoms with Crippen LogP contribution in [-0.4, -0.2) is 59.1 Å². The summed E-state index contributed by atoms with van der Waals surface area (Å²) in [5.41, 5.74) is -21.5. The molecule has 3 rings (SSSR count). The van der Waals surface area contributed by atoms with Crippen molar-refractivity contribution in [1.29, 1.82) is 0 Å². The highest BCUT2D eigenvalue weighted by Crippen LogP contribution is 2.70. The van der Waals surface area contributed by atoms with Crippen molar-refractivity contribution in [2.24, 2.45) is 4.99 Å². The molecule has 3 nitrogen and oxygen atoms in total. The molecule has 2 aliphatic carbocycles. The van der Waals surface area contributed by atoms with E-state index in [-0.39, 0.29) is 0 Å². The van der Waals surface area contributed by atoms with E-state index in [1.807, 2.05) is 4.99 Å². The standard InChI is InChI=1S/C21H7F20NO2/c22-13(17(32,33)19(36,37)21(40,41)20(38,39)18(13,34)35)11(44)7-2-1-6-8(10(7)43)3-5(14(23,24)25)4-9(6)42-12(15(26,27)28)16(29,30)31/h3-4,43H,1-2H2/p-1. The summed E-state index contributed by atoms with van der Waals surface area (Å²) in [7, 11) is 0. The number of rotatable bonds is 3. The molecule has 0 atom stereocenters. The Kier molecular flexibility index (Phi) is 7.48. The van der Waals surface area contributed by atoms with Crippen molar-refractivity contribution in [3.8, 4) is 0 Å². The third-order valence-corrected chi connectivity index (χ3v) is 6.50. The van der Waals surface area contributed by atoms with Crippen molar-refractivity contribution in [3.05, 3.63) is 34.4 Å². The maximum Gasteiger partial charge on any atom is 0.438 e. The summed E-state index contributed by atoms with van der Waals surface area (Å²) in [5.74, 6) is -45.8. The minimum Gasteiger partial charge on any atom is -0.872 e. The molecule has 0 amide bonds. The summed E-state index contributed by atoms with van der Waals surface area (Å²) in [5, 5.41) is 12.7. The minimum absolute atomic E-state index is 0.528. The fraction of sp³-hybridized carbons (Fsp3) is 0.524. The van der Waals surface area contributed by atoms with Gasteiger partial charge in [-0.1, -0.05) is 5.76 Å². The maximum absolute atomic E-state index is 15.2. The number of ketones is 1. The van der Waals surface area contributed by atoms with Gasteiger partial charge in [-0.2, -0.15) is 83.4 Å². The van der Waals surface area contributed by atoms with Gasteiger partial charge in [0.2, 0.25) is 11.5 Å². The van der Waals surface area contributed by atoms with Crippen molar-refractivity contribution in [1.82, 2.24) is 0 Å². The topological polar surface area (TPSA) is 52.5 Å². The van der Waals surface area contributed by atoms with Crippen LogP contribution in [0.25, 0.3) is 5.76 Å². The smallest absolute Gasteiger partial charge is 0.438 e. The largest absolute Gasteiger partial charge is 0.872 e. The van der Waals surface area contributed by atoms with Crippen LogP contribution in [0, 0.1) is 0 Å². The summed E-state index contributed by atoms with van der Waals surface area (Å²) >= 11 is 0. The lowest BCUT2D eigenvalue weighted by molar-refractivity contribution is -0.475. The molecule has 0 bridgehead atoms. The van der Waals surface area contributed by atoms with Crippen molar-refractivity contribution < 1.29 is 97.7 Å². The van der Waals surface area contributed by atoms with Gasteiger partial charge < -0.3 is 5.11 Å². The zero-order valence-electron chi connectivity index (χ0n) is 19.9. The van der Waals surface area contributed by atoms with Gasteiger partial charge in [-0.3, -0.25) is 4.79 Å². The quantitative estimate of drug-likeness (QED) is 0.247. The average Bonchev–Trinajstić information content (AvgIpc) is 2.83. The maximum atomic E-state index is 15.2. The molecule has 1 aromatic rings. The lowest BCUT2D eigenvalue weighted by Crippen LogP contribution is -2.85. The first-order chi connectivity index (χ1) is 19.2. The molecule has 0 radical (unpaired) electrons. The zero-order valence-corrected chi connectivity index (χ0v) is 19.9. The molecule has 23 heteroatoms. The van der Waals surface area contributed by atoms with E-state index in [2.05, 4.69) is 0 Å². The van der Waals surface area contributed by atoms with Crippen LogP contribution >= 0.6 is 0 Å². The minimum atomic E-state index is -7.82. The molecule has 1 saturated carbocycles. The number of hydrogen-bond donors (Lipinski definition) is 0. The molecule has 0 saturated heterocycles. The SMILES string of the molecule is O=C(C1=C([O-])c2cc(C(F)(F)F)cc(N=C(C(F)(F)F)C(F)(F)F)c2CC1)C1(F)C(F)(F)C(F)(F)C(F)(F)C(F)(F)C1(F)F. The Bertz CT molecular complexity index is 1400. The monoisotopic (exact) mass is 684 g/mol. The highest BCUT2D eigenvalue weighted by atomic mass is 19.4. The van der Waals surface area contributed by atoms with Gasteiger partial charge in [-0.25, -0.2) is 9.38 Å². The van der Waals surface area contributed by atoms with Crippen LogP contribution in [0.1, 0.15) is 23.1 Å². The number of nitrogens with zero attached hydrogens (tertiary/aromatic N) is 1. The fourth-order valence-corrected chi connectivity index (χ4v) is 4.25. The Labute approximate surface area is 227 Å². The Balaban J connectivity index is 2.40. The van der Waals surface area contributed by atoms with Crippen molar-refractivity contribution in [3.63, 3.8) is 0 Å². The number of carbonyl (C=O) groups is 1. The van der Waals surface area contributed by atoms with Gasteiger partial charge in [0.05, 0.1) is 11.3 Å². The van der Waals surface area contributed by atoms with Crippen LogP contribution in [0.5, 0.6) is 0 Å². The number of fused-ring (bicyclic) bond motifs is 1. The number of halogens is 20. The Morgan fingerprint density at radius 1 is 0.659 bits per heavy atom. The molecule has 0 heterocycles. The average molecular weight is 684 g/mol. The Morgan fingerprint density at radius 3 is 1.45 bits per heavy atom. The van der Waals surface area contributed by atoms with E-state index in [0.29, 0.717) is 0 Å². The number of hydrogen-bond acceptors (Lipinski definition) is 3. The zero-order chi connectivity index (χ0) is 34.7. The first-order valence-electron chi connectivity index (χ1n) is 10.7. The van der Waals surface area contributed by atoms with E-state index in [1.54, 1.807) is 0 Å². The molecule has 1 fully saturated rings. The number of benzene rings is 1. The van der Waals surface area contributed by atoms with E-state index in [1.165, 1.54) is 0 Å². The van der Waals surface area contributed by atoms with Gasteiger partial charge in [0, 0.05) is 0 Å². The van der Waals surface area contributed by atoms with Crippen molar-refractivity contribution in [2.45, 2.75) is 66.7 Å². The number of alkyl halides is 20. The summed E-state index contributed by atoms with van der Waals surface area (Å²) in [6.45, 7) is 0. The molecule has 44 heavy (non-hydrogen) atoms. The molecule has 0 spiro atoms. The second-order valence-electron chi connectivity index (χ2n) is 9.14. The van der Waals surface area contributed by atoms with E-state index < -0.39 is 124 Å². The van der Waals surface area contributed by atoms with E-state index >= 15 is 4.39 Å². The van der Waals surface area contributed by atoms with Crippen LogP contribution in [0.4, 0.5) is 93.5 Å². The number of carbonyl (C=O) groups excluding carboxylic acids is 1. The van der Waals surface area contributed by atoms with Gasteiger partial charge in [0.15, 0.2) is 0 Å². The molecule has 0 aliphatic heterocycles. The molecule has 1 aromatic carbocycles. The predicted octanol–water partition coefficient (Wildman–Crippen LogP) is 7.39. The second-order valence-corrected chi connectivity index (χ2v) is 9.14. The molecular formula is C21H6F20NO2-. The third-order valence-electron chi connectivity index (χ3n) is 6.50. The highest BCUT2D eigenvalue weighted by Gasteiger charge is 3.02. The molecule has 2 aliphatic rings. The van der Waals surface area contributed by atoms with Crippen LogP contribution in [0.2, 0.25) is 0 Å². The third kappa shape index (κ3) is 4.41. The first-order valence-corrected chi connectivity index (χ1v) is 10.7. The fourth-order valence-electron chi connectivity index (χ4n) is 4.25. The lowest BCUT2D eigenvalue weighted by atomic mass is 9.68. The van der Waals surface area contributed by atoms with Crippen molar-refractivity contribution in [2.75, 3.05) is 0 Å². The van der Waals surface area contributed by atoms with Crippen LogP contribution < -0.4 is 5.11 Å². The first kappa shape index (κ1) is 35.2. The Hall–Kier alpha value is -3.30. The number of aliphatic imine (C=N–C) groups is 1. The van der Waals surface area contributed by atoms with Gasteiger partial charge in [-0.05, 0) is 41.7 Å². The summed E-state index contributed by atoms with van der Waals surface area (Å²) in [6, 6.07) is -1.07. The van der Waals surface area contributed by atoms with Gasteiger partial charge in [-0.15, -0.1) is 0 Å². The normalized spacial score (nSPS) is 23.5. The van der Waals surface area contributed by atoms with Gasteiger partial charge in [0.25, 0.3) is 0 Å². The second kappa shape index (κ2) is 9.36. The summed E-state index contributed by atoms with van der Waals surface area (Å²) in [4.78, 5) is 14.5. The van der Waals surface area contributed by atoms with Crippen molar-refractivity contribution >= 4 is 22.9 Å². The summed E-state index contributed by atoms with van der Waals surface area (Å²) in [6.07, 6.45) is -22.4. The van der Waals surface area contributed by atoms with Gasteiger partial charge in [0.1, 0.15) is 0 Å². The van der Waals surface area contributed by atoms with Crippen LogP contribution in [0.15, 0.2) is 22.7 Å². The van der Waals surface area contributed by atoms with Gasteiger partial charge >= 0.3 is 53.8 Å². The lowest BCUT2D eigenvalue weighted by Gasteiger charge is -2.52. The van der Waals surface area contributed by atoms with E-state index in [9.17, 15) is 93.3 Å². The summed E-state index contributed by atoms with van der Waals surface area (Å²) < 4.78 is 272. The van der Waals surface area contributed by atoms with Crippen LogP contribution in [-0.2, 0) is 17.4 Å². The molecule has 0 N–H and O–H groups in total. The molecular weight excluding hydrogens is 678 g/mol. The number of Topliss-reactive ketones (excluding diaryl/α,β-unsaturated/α-hetero) is 1. The molecule has 248 valence electrons. The Morgan fingerprint density at radius 2 is 1.07 bits per heavy atom. The highest BCUT2D eigenvalue weighted by molar-refractivity contribution is 6.09. The number of allylic oxidation sites excluding steroid dienone is 1. The molecule has 0 unspecified atom stereocenters. The van der Waals surface area contributed by atoms with Crippen LogP contribution in [0.3, 0.4) is 0 Å². The van der Waals surface area contributed by atoms with E-state index in [0.717, 1.165) is 0 Å². The molecule has 0 aromatic heterocycles. The predicted molar refractivity (Wildman–Crippen MR) is 99.5 cm³/mol.